The minimum atomic E-state index is -0.253. The van der Waals surface area contributed by atoms with Gasteiger partial charge in [0.15, 0.2) is 0 Å². The van der Waals surface area contributed by atoms with Crippen molar-refractivity contribution in [3.8, 4) is 0 Å². The lowest BCUT2D eigenvalue weighted by atomic mass is 9.45. The van der Waals surface area contributed by atoms with Gasteiger partial charge < -0.3 is 15.4 Å². The van der Waals surface area contributed by atoms with Crippen molar-refractivity contribution in [1.29, 1.82) is 0 Å². The summed E-state index contributed by atoms with van der Waals surface area (Å²) in [5.41, 5.74) is 0.249. The molecule has 0 aromatic carbocycles. The van der Waals surface area contributed by atoms with Crippen molar-refractivity contribution in [1.82, 2.24) is 10.6 Å². The molecule has 0 aromatic heterocycles. The van der Waals surface area contributed by atoms with E-state index in [1.165, 1.54) is 32.6 Å². The number of esters is 1. The normalized spacial score (nSPS) is 46.2. The first-order valence-electron chi connectivity index (χ1n) is 12.3. The Morgan fingerprint density at radius 3 is 2.13 bits per heavy atom. The van der Waals surface area contributed by atoms with Crippen LogP contribution >= 0.6 is 0 Å². The second-order valence-corrected chi connectivity index (χ2v) is 11.4. The molecule has 0 saturated heterocycles. The Morgan fingerprint density at radius 1 is 0.806 bits per heavy atom. The minimum absolute atomic E-state index is 0.0482. The fourth-order valence-electron chi connectivity index (χ4n) is 8.47. The van der Waals surface area contributed by atoms with Gasteiger partial charge in [-0.15, -0.1) is 0 Å². The smallest absolute Gasteiger partial charge is 0.302 e. The maximum absolute atomic E-state index is 11.9. The summed E-state index contributed by atoms with van der Waals surface area (Å²) >= 11 is 0. The highest BCUT2D eigenvalue weighted by Crippen LogP contribution is 2.66. The van der Waals surface area contributed by atoms with E-state index in [1.54, 1.807) is 13.8 Å². The van der Waals surface area contributed by atoms with Gasteiger partial charge in [-0.2, -0.15) is 0 Å². The molecule has 6 nitrogen and oxygen atoms in total. The Balaban J connectivity index is 1.56. The van der Waals surface area contributed by atoms with Crippen LogP contribution in [-0.2, 0) is 19.1 Å². The quantitative estimate of drug-likeness (QED) is 0.668. The zero-order chi connectivity index (χ0) is 22.6. The maximum Gasteiger partial charge on any atom is 0.302 e. The third kappa shape index (κ3) is 3.89. The molecule has 4 saturated carbocycles. The van der Waals surface area contributed by atoms with E-state index in [9.17, 15) is 14.4 Å². The molecule has 0 unspecified atom stereocenters. The topological polar surface area (TPSA) is 84.5 Å². The van der Waals surface area contributed by atoms with Crippen LogP contribution in [0.25, 0.3) is 0 Å². The Bertz CT molecular complexity index is 754. The van der Waals surface area contributed by atoms with E-state index in [4.69, 9.17) is 4.74 Å². The average Bonchev–Trinajstić information content (AvgIpc) is 2.92. The van der Waals surface area contributed by atoms with Gasteiger partial charge in [0.2, 0.25) is 11.8 Å². The van der Waals surface area contributed by atoms with Crippen LogP contribution in [0.1, 0.15) is 86.0 Å². The first-order valence-corrected chi connectivity index (χ1v) is 12.3. The summed E-state index contributed by atoms with van der Waals surface area (Å²) in [6.45, 7) is 9.46. The standard InChI is InChI=1S/C25H40N2O4/c1-14(28)26-18-8-10-24(4)17(12-18)6-7-19-20(24)9-11-25(5)21(19)13-22(27-15(2)29)23(25)31-16(3)30/h17-23H,6-13H2,1-5H3,(H,26,28)(H,27,29)/t17-,18-,19+,20-,21-,22+,23-,24-,25-/m0/s1. The van der Waals surface area contributed by atoms with Crippen LogP contribution in [0.15, 0.2) is 0 Å². The molecule has 4 rings (SSSR count). The van der Waals surface area contributed by atoms with Gasteiger partial charge in [-0.1, -0.05) is 13.8 Å². The van der Waals surface area contributed by atoms with E-state index >= 15 is 0 Å². The first-order chi connectivity index (χ1) is 14.5. The summed E-state index contributed by atoms with van der Waals surface area (Å²) in [4.78, 5) is 35.4. The van der Waals surface area contributed by atoms with Gasteiger partial charge in [-0.25, -0.2) is 0 Å². The van der Waals surface area contributed by atoms with E-state index in [0.29, 0.717) is 35.1 Å². The highest BCUT2D eigenvalue weighted by molar-refractivity contribution is 5.74. The van der Waals surface area contributed by atoms with Gasteiger partial charge in [-0.05, 0) is 80.5 Å². The lowest BCUT2D eigenvalue weighted by Gasteiger charge is -2.60. The zero-order valence-electron chi connectivity index (χ0n) is 19.8. The summed E-state index contributed by atoms with van der Waals surface area (Å²) < 4.78 is 5.87. The molecule has 0 aromatic rings. The second kappa shape index (κ2) is 8.08. The van der Waals surface area contributed by atoms with Crippen molar-refractivity contribution in [2.75, 3.05) is 0 Å². The monoisotopic (exact) mass is 432 g/mol. The molecule has 4 aliphatic carbocycles. The van der Waals surface area contributed by atoms with Crippen LogP contribution in [0.3, 0.4) is 0 Å². The largest absolute Gasteiger partial charge is 0.460 e. The minimum Gasteiger partial charge on any atom is -0.460 e. The predicted molar refractivity (Wildman–Crippen MR) is 118 cm³/mol. The van der Waals surface area contributed by atoms with E-state index in [1.807, 2.05) is 0 Å². The van der Waals surface area contributed by atoms with E-state index in [0.717, 1.165) is 25.7 Å². The molecule has 0 spiro atoms. The van der Waals surface area contributed by atoms with Crippen molar-refractivity contribution in [2.24, 2.45) is 34.5 Å². The molecule has 2 N–H and O–H groups in total. The number of ether oxygens (including phenoxy) is 1. The van der Waals surface area contributed by atoms with Gasteiger partial charge in [0.25, 0.3) is 0 Å². The lowest BCUT2D eigenvalue weighted by Crippen LogP contribution is -2.56. The molecule has 0 aliphatic heterocycles. The number of carbonyl (C=O) groups excluding carboxylic acids is 3. The van der Waals surface area contributed by atoms with Crippen LogP contribution in [0, 0.1) is 34.5 Å². The molecule has 174 valence electrons. The van der Waals surface area contributed by atoms with Crippen molar-refractivity contribution in [3.63, 3.8) is 0 Å². The predicted octanol–water partition coefficient (Wildman–Crippen LogP) is 3.58. The lowest BCUT2D eigenvalue weighted by molar-refractivity contribution is -0.163. The van der Waals surface area contributed by atoms with Gasteiger partial charge in [0.1, 0.15) is 6.10 Å². The van der Waals surface area contributed by atoms with Gasteiger partial charge in [0.05, 0.1) is 6.04 Å². The molecule has 9 atom stereocenters. The first kappa shape index (κ1) is 22.6. The number of rotatable bonds is 3. The van der Waals surface area contributed by atoms with Crippen LogP contribution in [0.2, 0.25) is 0 Å². The van der Waals surface area contributed by atoms with E-state index in [-0.39, 0.29) is 35.3 Å². The Hall–Kier alpha value is -1.59. The molecule has 6 heteroatoms. The molecule has 4 fully saturated rings. The average molecular weight is 433 g/mol. The number of hydrogen-bond acceptors (Lipinski definition) is 4. The Morgan fingerprint density at radius 2 is 1.48 bits per heavy atom. The molecular weight excluding hydrogens is 392 g/mol. The van der Waals surface area contributed by atoms with Gasteiger partial charge in [-0.3, -0.25) is 14.4 Å². The number of nitrogens with one attached hydrogen (secondary N) is 2. The number of amides is 2. The molecule has 0 heterocycles. The fourth-order valence-corrected chi connectivity index (χ4v) is 8.47. The SMILES string of the molecule is CC(=O)N[C@H]1CC[C@@]2(C)[C@@H](CC[C@@H]3[C@@H]2CC[C@@]2(C)[C@H]3C[C@@H](NC(C)=O)[C@@H]2OC(C)=O)C1. The van der Waals surface area contributed by atoms with Crippen LogP contribution in [-0.4, -0.2) is 36.0 Å². The van der Waals surface area contributed by atoms with Crippen molar-refractivity contribution in [3.05, 3.63) is 0 Å². The fraction of sp³-hybridized carbons (Fsp3) is 0.880. The number of hydrogen-bond donors (Lipinski definition) is 2. The summed E-state index contributed by atoms with van der Waals surface area (Å²) in [6.07, 6.45) is 8.65. The third-order valence-corrected chi connectivity index (χ3v) is 9.72. The second-order valence-electron chi connectivity index (χ2n) is 11.4. The molecular formula is C25H40N2O4. The summed E-state index contributed by atoms with van der Waals surface area (Å²) in [5, 5.41) is 6.28. The van der Waals surface area contributed by atoms with E-state index in [2.05, 4.69) is 24.5 Å². The summed E-state index contributed by atoms with van der Waals surface area (Å²) in [7, 11) is 0. The summed E-state index contributed by atoms with van der Waals surface area (Å²) in [5.74, 6) is 2.22. The summed E-state index contributed by atoms with van der Waals surface area (Å²) in [6, 6.07) is 0.237. The van der Waals surface area contributed by atoms with Crippen LogP contribution in [0.5, 0.6) is 0 Å². The highest BCUT2D eigenvalue weighted by atomic mass is 16.5. The number of fused-ring (bicyclic) bond motifs is 5. The molecule has 2 amide bonds. The Labute approximate surface area is 186 Å². The van der Waals surface area contributed by atoms with Gasteiger partial charge >= 0.3 is 5.97 Å². The molecule has 4 aliphatic rings. The molecule has 31 heavy (non-hydrogen) atoms. The molecule has 0 bridgehead atoms. The van der Waals surface area contributed by atoms with Gasteiger partial charge in [0, 0.05) is 32.2 Å². The van der Waals surface area contributed by atoms with Crippen LogP contribution in [0.4, 0.5) is 0 Å². The zero-order valence-corrected chi connectivity index (χ0v) is 19.8. The maximum atomic E-state index is 11.9. The highest BCUT2D eigenvalue weighted by Gasteiger charge is 2.63. The van der Waals surface area contributed by atoms with Crippen molar-refractivity contribution < 1.29 is 19.1 Å². The van der Waals surface area contributed by atoms with Crippen molar-refractivity contribution >= 4 is 17.8 Å². The van der Waals surface area contributed by atoms with E-state index < -0.39 is 0 Å². The molecule has 0 radical (unpaired) electrons. The third-order valence-electron chi connectivity index (χ3n) is 9.72. The van der Waals surface area contributed by atoms with Crippen molar-refractivity contribution in [2.45, 2.75) is 104 Å². The number of carbonyl (C=O) groups is 3. The van der Waals surface area contributed by atoms with Crippen LogP contribution < -0.4 is 10.6 Å². The Kier molecular flexibility index (Phi) is 5.89.